The zero-order valence-electron chi connectivity index (χ0n) is 16.8. The van der Waals surface area contributed by atoms with Crippen LogP contribution < -0.4 is 9.47 Å². The number of hydrogen-bond donors (Lipinski definition) is 0. The molecule has 1 aliphatic rings. The number of benzene rings is 1. The lowest BCUT2D eigenvalue weighted by atomic mass is 10.1. The third-order valence-electron chi connectivity index (χ3n) is 4.68. The Morgan fingerprint density at radius 3 is 2.71 bits per heavy atom. The smallest absolute Gasteiger partial charge is 0.225 e. The largest absolute Gasteiger partial charge is 0.493 e. The van der Waals surface area contributed by atoms with Gasteiger partial charge in [0.2, 0.25) is 5.91 Å². The number of carbonyl (C=O) groups is 1. The topological polar surface area (TPSA) is 60.9 Å². The third-order valence-corrected chi connectivity index (χ3v) is 4.68. The Hall–Kier alpha value is -2.60. The van der Waals surface area contributed by atoms with Crippen LogP contribution in [0.1, 0.15) is 31.4 Å². The second-order valence-electron chi connectivity index (χ2n) is 7.30. The molecule has 0 N–H and O–H groups in total. The van der Waals surface area contributed by atoms with Crippen LogP contribution >= 0.6 is 0 Å². The summed E-state index contributed by atoms with van der Waals surface area (Å²) in [6.07, 6.45) is 4.47. The van der Waals surface area contributed by atoms with Crippen LogP contribution in [-0.4, -0.2) is 42.2 Å². The van der Waals surface area contributed by atoms with Crippen molar-refractivity contribution in [2.45, 2.75) is 39.5 Å². The predicted octanol–water partition coefficient (Wildman–Crippen LogP) is 3.44. The summed E-state index contributed by atoms with van der Waals surface area (Å²) in [6, 6.07) is 9.70. The summed E-state index contributed by atoms with van der Waals surface area (Å²) < 4.78 is 16.9. The lowest BCUT2D eigenvalue weighted by Gasteiger charge is -2.25. The highest BCUT2D eigenvalue weighted by Gasteiger charge is 2.21. The number of amides is 1. The maximum absolute atomic E-state index is 12.7. The molecule has 1 saturated heterocycles. The fraction of sp³-hybridized carbons (Fsp3) is 0.455. The van der Waals surface area contributed by atoms with Crippen LogP contribution in [0.5, 0.6) is 11.5 Å². The van der Waals surface area contributed by atoms with E-state index in [1.807, 2.05) is 49.1 Å². The van der Waals surface area contributed by atoms with E-state index in [0.717, 1.165) is 24.2 Å². The molecule has 28 heavy (non-hydrogen) atoms. The van der Waals surface area contributed by atoms with Crippen molar-refractivity contribution < 1.29 is 19.0 Å². The first-order valence-corrected chi connectivity index (χ1v) is 9.66. The van der Waals surface area contributed by atoms with Crippen molar-refractivity contribution in [2.24, 2.45) is 5.92 Å². The van der Waals surface area contributed by atoms with Gasteiger partial charge in [0, 0.05) is 37.8 Å². The summed E-state index contributed by atoms with van der Waals surface area (Å²) >= 11 is 0. The van der Waals surface area contributed by atoms with Crippen LogP contribution in [0.4, 0.5) is 0 Å². The van der Waals surface area contributed by atoms with E-state index in [1.54, 1.807) is 19.5 Å². The highest BCUT2D eigenvalue weighted by atomic mass is 16.6. The monoisotopic (exact) mass is 384 g/mol. The number of aromatic nitrogens is 1. The zero-order valence-corrected chi connectivity index (χ0v) is 16.8. The number of carbonyl (C=O) groups excluding carboxylic acids is 1. The van der Waals surface area contributed by atoms with E-state index in [1.165, 1.54) is 0 Å². The lowest BCUT2D eigenvalue weighted by Crippen LogP contribution is -2.33. The Bertz CT molecular complexity index is 773. The minimum Gasteiger partial charge on any atom is -0.493 e. The molecule has 0 bridgehead atoms. The Balaban J connectivity index is 1.76. The molecule has 1 aromatic heterocycles. The van der Waals surface area contributed by atoms with Gasteiger partial charge in [0.25, 0.3) is 0 Å². The van der Waals surface area contributed by atoms with Gasteiger partial charge in [-0.3, -0.25) is 9.78 Å². The highest BCUT2D eigenvalue weighted by molar-refractivity contribution is 5.78. The Morgan fingerprint density at radius 2 is 2.07 bits per heavy atom. The summed E-state index contributed by atoms with van der Waals surface area (Å²) in [6.45, 7) is 6.18. The maximum atomic E-state index is 12.7. The van der Waals surface area contributed by atoms with Gasteiger partial charge in [0.05, 0.1) is 20.3 Å². The molecule has 0 saturated carbocycles. The molecule has 2 aromatic rings. The molecular formula is C22H28N2O4. The first-order chi connectivity index (χ1) is 13.6. The van der Waals surface area contributed by atoms with Gasteiger partial charge in [-0.2, -0.15) is 0 Å². The molecule has 3 rings (SSSR count). The molecule has 0 aliphatic carbocycles. The van der Waals surface area contributed by atoms with Gasteiger partial charge in [-0.15, -0.1) is 0 Å². The number of methoxy groups -OCH3 is 1. The van der Waals surface area contributed by atoms with Crippen LogP contribution in [0.2, 0.25) is 0 Å². The van der Waals surface area contributed by atoms with E-state index in [0.29, 0.717) is 31.2 Å². The molecule has 1 atom stereocenters. The van der Waals surface area contributed by atoms with Gasteiger partial charge < -0.3 is 19.1 Å². The molecule has 6 nitrogen and oxygen atoms in total. The lowest BCUT2D eigenvalue weighted by molar-refractivity contribution is -0.135. The van der Waals surface area contributed by atoms with Crippen molar-refractivity contribution in [3.63, 3.8) is 0 Å². The molecule has 0 radical (unpaired) electrons. The molecule has 150 valence electrons. The Morgan fingerprint density at radius 1 is 1.25 bits per heavy atom. The van der Waals surface area contributed by atoms with Gasteiger partial charge >= 0.3 is 0 Å². The zero-order chi connectivity index (χ0) is 19.9. The molecule has 1 fully saturated rings. The quantitative estimate of drug-likeness (QED) is 0.698. The molecule has 1 aromatic carbocycles. The molecule has 2 heterocycles. The summed E-state index contributed by atoms with van der Waals surface area (Å²) in [7, 11) is 1.63. The number of ether oxygens (including phenoxy) is 3. The molecule has 0 unspecified atom stereocenters. The van der Waals surface area contributed by atoms with Gasteiger partial charge in [0.1, 0.15) is 6.10 Å². The fourth-order valence-corrected chi connectivity index (χ4v) is 3.20. The molecular weight excluding hydrogens is 356 g/mol. The van der Waals surface area contributed by atoms with Crippen molar-refractivity contribution in [2.75, 3.05) is 20.3 Å². The molecule has 1 amide bonds. The Labute approximate surface area is 166 Å². The third kappa shape index (κ3) is 5.23. The number of pyridine rings is 1. The molecule has 0 spiro atoms. The van der Waals surface area contributed by atoms with E-state index in [-0.39, 0.29) is 17.9 Å². The second-order valence-corrected chi connectivity index (χ2v) is 7.30. The normalized spacial score (nSPS) is 16.2. The van der Waals surface area contributed by atoms with E-state index in [2.05, 4.69) is 4.98 Å². The van der Waals surface area contributed by atoms with E-state index in [4.69, 9.17) is 14.2 Å². The van der Waals surface area contributed by atoms with Gasteiger partial charge in [-0.05, 0) is 29.3 Å². The SMILES string of the molecule is COc1cc(CN(Cc2cccnc2)C(=O)C(C)C)ccc1O[C@H]1CCOC1. The van der Waals surface area contributed by atoms with Crippen LogP contribution in [-0.2, 0) is 22.6 Å². The number of nitrogens with zero attached hydrogens (tertiary/aromatic N) is 2. The summed E-state index contributed by atoms with van der Waals surface area (Å²) in [5.74, 6) is 1.40. The van der Waals surface area contributed by atoms with Crippen LogP contribution in [0.15, 0.2) is 42.7 Å². The Kier molecular flexibility index (Phi) is 6.87. The standard InChI is InChI=1S/C22H28N2O4/c1-16(2)22(25)24(14-18-5-4-9-23-12-18)13-17-6-7-20(21(11-17)26-3)28-19-8-10-27-15-19/h4-7,9,11-12,16,19H,8,10,13-15H2,1-3H3/t19-/m0/s1. The second kappa shape index (κ2) is 9.55. The van der Waals surface area contributed by atoms with Crippen molar-refractivity contribution >= 4 is 5.91 Å². The van der Waals surface area contributed by atoms with Crippen molar-refractivity contribution in [1.29, 1.82) is 0 Å². The van der Waals surface area contributed by atoms with E-state index >= 15 is 0 Å². The minimum atomic E-state index is -0.0801. The molecule has 1 aliphatic heterocycles. The first-order valence-electron chi connectivity index (χ1n) is 9.66. The first kappa shape index (κ1) is 20.1. The maximum Gasteiger partial charge on any atom is 0.225 e. The summed E-state index contributed by atoms with van der Waals surface area (Å²) in [5, 5.41) is 0. The van der Waals surface area contributed by atoms with Crippen molar-refractivity contribution in [1.82, 2.24) is 9.88 Å². The molecule has 6 heteroatoms. The summed E-state index contributed by atoms with van der Waals surface area (Å²) in [4.78, 5) is 18.7. The van der Waals surface area contributed by atoms with Crippen LogP contribution in [0.25, 0.3) is 0 Å². The van der Waals surface area contributed by atoms with Crippen LogP contribution in [0, 0.1) is 5.92 Å². The van der Waals surface area contributed by atoms with E-state index in [9.17, 15) is 4.79 Å². The van der Waals surface area contributed by atoms with Gasteiger partial charge in [-0.25, -0.2) is 0 Å². The highest BCUT2D eigenvalue weighted by Crippen LogP contribution is 2.31. The van der Waals surface area contributed by atoms with Crippen LogP contribution in [0.3, 0.4) is 0 Å². The average molecular weight is 384 g/mol. The van der Waals surface area contributed by atoms with E-state index < -0.39 is 0 Å². The average Bonchev–Trinajstić information content (AvgIpc) is 3.21. The van der Waals surface area contributed by atoms with Gasteiger partial charge in [-0.1, -0.05) is 26.0 Å². The van der Waals surface area contributed by atoms with Crippen molar-refractivity contribution in [3.8, 4) is 11.5 Å². The van der Waals surface area contributed by atoms with Crippen molar-refractivity contribution in [3.05, 3.63) is 53.9 Å². The fourth-order valence-electron chi connectivity index (χ4n) is 3.20. The minimum absolute atomic E-state index is 0.0596. The number of rotatable bonds is 8. The van der Waals surface area contributed by atoms with Gasteiger partial charge in [0.15, 0.2) is 11.5 Å². The predicted molar refractivity (Wildman–Crippen MR) is 106 cm³/mol. The number of hydrogen-bond acceptors (Lipinski definition) is 5. The summed E-state index contributed by atoms with van der Waals surface area (Å²) in [5.41, 5.74) is 1.99.